The Kier molecular flexibility index (Phi) is 6.20. The van der Waals surface area contributed by atoms with Crippen molar-refractivity contribution in [2.45, 2.75) is 32.1 Å². The number of piperidine rings is 1. The second-order valence-electron chi connectivity index (χ2n) is 7.02. The Morgan fingerprint density at radius 2 is 2.07 bits per heavy atom. The third-order valence-corrected chi connectivity index (χ3v) is 5.21. The lowest BCUT2D eigenvalue weighted by Crippen LogP contribution is -2.41. The summed E-state index contributed by atoms with van der Waals surface area (Å²) in [6.07, 6.45) is 5.09. The van der Waals surface area contributed by atoms with E-state index in [-0.39, 0.29) is 23.4 Å². The summed E-state index contributed by atoms with van der Waals surface area (Å²) in [4.78, 5) is 42.2. The fourth-order valence-electron chi connectivity index (χ4n) is 3.61. The monoisotopic (exact) mass is 375 g/mol. The molecule has 1 aromatic rings. The van der Waals surface area contributed by atoms with E-state index in [9.17, 15) is 19.7 Å². The van der Waals surface area contributed by atoms with Crippen LogP contribution in [0.1, 0.15) is 32.1 Å². The third kappa shape index (κ3) is 4.93. The molecule has 0 saturated carbocycles. The van der Waals surface area contributed by atoms with Gasteiger partial charge in [-0.1, -0.05) is 0 Å². The minimum atomic E-state index is -0.465. The Hall–Kier alpha value is -2.71. The number of hydrogen-bond donors (Lipinski definition) is 1. The summed E-state index contributed by atoms with van der Waals surface area (Å²) < 4.78 is 0. The van der Waals surface area contributed by atoms with Crippen molar-refractivity contribution in [3.63, 3.8) is 0 Å². The quantitative estimate of drug-likeness (QED) is 0.438. The molecule has 2 fully saturated rings. The van der Waals surface area contributed by atoms with Gasteiger partial charge in [-0.2, -0.15) is 0 Å². The molecule has 3 heterocycles. The van der Waals surface area contributed by atoms with Gasteiger partial charge in [-0.15, -0.1) is 0 Å². The highest BCUT2D eigenvalue weighted by Crippen LogP contribution is 2.23. The number of nitro groups is 1. The van der Waals surface area contributed by atoms with Gasteiger partial charge in [0.2, 0.25) is 11.8 Å². The minimum Gasteiger partial charge on any atom is -0.357 e. The average molecular weight is 375 g/mol. The van der Waals surface area contributed by atoms with E-state index in [0.717, 1.165) is 32.2 Å². The molecule has 2 aliphatic rings. The second kappa shape index (κ2) is 8.79. The Morgan fingerprint density at radius 1 is 1.30 bits per heavy atom. The van der Waals surface area contributed by atoms with Crippen molar-refractivity contribution in [2.24, 2.45) is 5.92 Å². The Bertz CT molecular complexity index is 685. The average Bonchev–Trinajstić information content (AvgIpc) is 3.10. The largest absolute Gasteiger partial charge is 0.357 e. The van der Waals surface area contributed by atoms with E-state index in [0.29, 0.717) is 38.4 Å². The summed E-state index contributed by atoms with van der Waals surface area (Å²) >= 11 is 0. The van der Waals surface area contributed by atoms with Gasteiger partial charge in [0.25, 0.3) is 5.69 Å². The predicted octanol–water partition coefficient (Wildman–Crippen LogP) is 1.33. The molecule has 0 spiro atoms. The standard InChI is InChI=1S/C18H25N5O4/c24-17-3-1-9-22(17)10-2-8-19-18(25)14-6-11-21(12-7-14)16-5-4-15(13-20-16)23(26)27/h4-5,13-14H,1-3,6-12H2,(H,19,25). The first kappa shape index (κ1) is 19.1. The van der Waals surface area contributed by atoms with Crippen molar-refractivity contribution in [1.82, 2.24) is 15.2 Å². The maximum absolute atomic E-state index is 12.3. The number of carbonyl (C=O) groups excluding carboxylic acids is 2. The number of likely N-dealkylation sites (tertiary alicyclic amines) is 1. The van der Waals surface area contributed by atoms with Crippen LogP contribution in [0.15, 0.2) is 18.3 Å². The van der Waals surface area contributed by atoms with Crippen molar-refractivity contribution in [2.75, 3.05) is 37.6 Å². The number of nitrogens with one attached hydrogen (secondary N) is 1. The van der Waals surface area contributed by atoms with Crippen LogP contribution in [0.5, 0.6) is 0 Å². The zero-order valence-electron chi connectivity index (χ0n) is 15.3. The highest BCUT2D eigenvalue weighted by Gasteiger charge is 2.26. The van der Waals surface area contributed by atoms with E-state index in [1.54, 1.807) is 6.07 Å². The number of nitrogens with zero attached hydrogens (tertiary/aromatic N) is 4. The van der Waals surface area contributed by atoms with Gasteiger partial charge in [0.1, 0.15) is 12.0 Å². The van der Waals surface area contributed by atoms with Gasteiger partial charge in [-0.3, -0.25) is 19.7 Å². The lowest BCUT2D eigenvalue weighted by Gasteiger charge is -2.32. The van der Waals surface area contributed by atoms with Gasteiger partial charge in [-0.25, -0.2) is 4.98 Å². The number of rotatable bonds is 7. The molecule has 0 bridgehead atoms. The number of amides is 2. The van der Waals surface area contributed by atoms with Crippen LogP contribution in [0, 0.1) is 16.0 Å². The molecule has 9 heteroatoms. The van der Waals surface area contributed by atoms with E-state index in [2.05, 4.69) is 10.3 Å². The van der Waals surface area contributed by atoms with E-state index >= 15 is 0 Å². The van der Waals surface area contributed by atoms with Crippen LogP contribution >= 0.6 is 0 Å². The summed E-state index contributed by atoms with van der Waals surface area (Å²) in [6, 6.07) is 3.10. The smallest absolute Gasteiger partial charge is 0.287 e. The molecule has 2 saturated heterocycles. The van der Waals surface area contributed by atoms with Gasteiger partial charge in [0, 0.05) is 51.1 Å². The van der Waals surface area contributed by atoms with Gasteiger partial charge in [-0.05, 0) is 31.7 Å². The highest BCUT2D eigenvalue weighted by atomic mass is 16.6. The Morgan fingerprint density at radius 3 is 2.67 bits per heavy atom. The van der Waals surface area contributed by atoms with Crippen molar-refractivity contribution in [1.29, 1.82) is 0 Å². The number of hydrogen-bond acceptors (Lipinski definition) is 6. The molecule has 0 unspecified atom stereocenters. The summed E-state index contributed by atoms with van der Waals surface area (Å²) in [6.45, 7) is 3.54. The fourth-order valence-corrected chi connectivity index (χ4v) is 3.61. The number of carbonyl (C=O) groups is 2. The SMILES string of the molecule is O=C(NCCCN1CCCC1=O)C1CCN(c2ccc([N+](=O)[O-])cn2)CC1. The Balaban J connectivity index is 1.37. The van der Waals surface area contributed by atoms with Crippen LogP contribution < -0.4 is 10.2 Å². The second-order valence-corrected chi connectivity index (χ2v) is 7.02. The summed E-state index contributed by atoms with van der Waals surface area (Å²) in [5.74, 6) is 0.968. The van der Waals surface area contributed by atoms with Crippen LogP contribution in [-0.2, 0) is 9.59 Å². The highest BCUT2D eigenvalue weighted by molar-refractivity contribution is 5.79. The molecule has 3 rings (SSSR count). The van der Waals surface area contributed by atoms with Crippen molar-refractivity contribution >= 4 is 23.3 Å². The topological polar surface area (TPSA) is 109 Å². The molecule has 0 radical (unpaired) electrons. The normalized spacial score (nSPS) is 18.0. The maximum atomic E-state index is 12.3. The Labute approximate surface area is 157 Å². The third-order valence-electron chi connectivity index (χ3n) is 5.21. The summed E-state index contributed by atoms with van der Waals surface area (Å²) in [5, 5.41) is 13.7. The van der Waals surface area contributed by atoms with Gasteiger partial charge < -0.3 is 15.1 Å². The van der Waals surface area contributed by atoms with E-state index in [1.807, 2.05) is 9.80 Å². The first-order chi connectivity index (χ1) is 13.0. The van der Waals surface area contributed by atoms with E-state index < -0.39 is 4.92 Å². The van der Waals surface area contributed by atoms with Crippen LogP contribution in [0.2, 0.25) is 0 Å². The lowest BCUT2D eigenvalue weighted by molar-refractivity contribution is -0.385. The zero-order chi connectivity index (χ0) is 19.2. The molecular formula is C18H25N5O4. The van der Waals surface area contributed by atoms with Crippen molar-refractivity contribution in [3.05, 3.63) is 28.4 Å². The van der Waals surface area contributed by atoms with Crippen LogP contribution in [-0.4, -0.2) is 59.3 Å². The molecule has 146 valence electrons. The lowest BCUT2D eigenvalue weighted by atomic mass is 9.96. The molecule has 0 aromatic carbocycles. The molecule has 0 atom stereocenters. The molecule has 2 aliphatic heterocycles. The molecule has 27 heavy (non-hydrogen) atoms. The van der Waals surface area contributed by atoms with Crippen LogP contribution in [0.3, 0.4) is 0 Å². The summed E-state index contributed by atoms with van der Waals surface area (Å²) in [5.41, 5.74) is -0.0244. The number of pyridine rings is 1. The number of anilines is 1. The molecule has 2 amide bonds. The molecular weight excluding hydrogens is 350 g/mol. The molecule has 0 aliphatic carbocycles. The predicted molar refractivity (Wildman–Crippen MR) is 99.3 cm³/mol. The maximum Gasteiger partial charge on any atom is 0.287 e. The van der Waals surface area contributed by atoms with Gasteiger partial charge in [0.15, 0.2) is 0 Å². The minimum absolute atomic E-state index is 0.0206. The van der Waals surface area contributed by atoms with Gasteiger partial charge >= 0.3 is 0 Å². The van der Waals surface area contributed by atoms with Crippen LogP contribution in [0.25, 0.3) is 0 Å². The van der Waals surface area contributed by atoms with Crippen molar-refractivity contribution < 1.29 is 14.5 Å². The molecule has 1 aromatic heterocycles. The first-order valence-corrected chi connectivity index (χ1v) is 9.45. The van der Waals surface area contributed by atoms with E-state index in [1.165, 1.54) is 12.3 Å². The molecule has 9 nitrogen and oxygen atoms in total. The van der Waals surface area contributed by atoms with E-state index in [4.69, 9.17) is 0 Å². The van der Waals surface area contributed by atoms with Crippen LogP contribution in [0.4, 0.5) is 11.5 Å². The summed E-state index contributed by atoms with van der Waals surface area (Å²) in [7, 11) is 0. The fraction of sp³-hybridized carbons (Fsp3) is 0.611. The van der Waals surface area contributed by atoms with Crippen molar-refractivity contribution in [3.8, 4) is 0 Å². The van der Waals surface area contributed by atoms with Gasteiger partial charge in [0.05, 0.1) is 4.92 Å². The molecule has 1 N–H and O–H groups in total. The number of aromatic nitrogens is 1. The first-order valence-electron chi connectivity index (χ1n) is 9.45. The zero-order valence-corrected chi connectivity index (χ0v) is 15.3.